The van der Waals surface area contributed by atoms with Crippen LogP contribution in [-0.2, 0) is 9.53 Å². The van der Waals surface area contributed by atoms with Gasteiger partial charge >= 0.3 is 0 Å². The fraction of sp³-hybridized carbons (Fsp3) is 0.929. The van der Waals surface area contributed by atoms with Crippen LogP contribution in [0.15, 0.2) is 0 Å². The van der Waals surface area contributed by atoms with Gasteiger partial charge in [0.25, 0.3) is 0 Å². The van der Waals surface area contributed by atoms with Gasteiger partial charge < -0.3 is 20.3 Å². The number of nitrogens with zero attached hydrogens (tertiary/aromatic N) is 2. The molecular formula is C14H27N3O2. The molecule has 2 N–H and O–H groups in total. The van der Waals surface area contributed by atoms with Gasteiger partial charge in [0.05, 0.1) is 13.2 Å². The topological polar surface area (TPSA) is 58.8 Å². The van der Waals surface area contributed by atoms with Crippen LogP contribution in [-0.4, -0.2) is 67.7 Å². The van der Waals surface area contributed by atoms with Crippen LogP contribution in [0.2, 0.25) is 0 Å². The third-order valence-corrected chi connectivity index (χ3v) is 4.00. The summed E-state index contributed by atoms with van der Waals surface area (Å²) in [5.41, 5.74) is 6.03. The van der Waals surface area contributed by atoms with Crippen LogP contribution in [0.1, 0.15) is 26.2 Å². The van der Waals surface area contributed by atoms with E-state index >= 15 is 0 Å². The van der Waals surface area contributed by atoms with Crippen molar-refractivity contribution in [2.45, 2.75) is 32.2 Å². The Kier molecular flexibility index (Phi) is 5.60. The van der Waals surface area contributed by atoms with E-state index < -0.39 is 0 Å². The van der Waals surface area contributed by atoms with Crippen LogP contribution >= 0.6 is 0 Å². The molecule has 0 aromatic rings. The molecule has 2 rings (SSSR count). The number of hydrogen-bond donors (Lipinski definition) is 1. The quantitative estimate of drug-likeness (QED) is 0.797. The predicted octanol–water partition coefficient (Wildman–Crippen LogP) is 0.295. The Labute approximate surface area is 116 Å². The molecule has 2 aliphatic heterocycles. The average Bonchev–Trinajstić information content (AvgIpc) is 2.38. The molecule has 2 fully saturated rings. The molecule has 2 heterocycles. The number of nitrogens with two attached hydrogens (primary N) is 1. The van der Waals surface area contributed by atoms with E-state index in [4.69, 9.17) is 10.5 Å². The van der Waals surface area contributed by atoms with Gasteiger partial charge in [0.15, 0.2) is 0 Å². The summed E-state index contributed by atoms with van der Waals surface area (Å²) < 4.78 is 5.26. The zero-order valence-electron chi connectivity index (χ0n) is 12.0. The van der Waals surface area contributed by atoms with Crippen molar-refractivity contribution in [1.82, 2.24) is 9.80 Å². The first-order valence-electron chi connectivity index (χ1n) is 7.48. The lowest BCUT2D eigenvalue weighted by Crippen LogP contribution is -2.46. The molecule has 5 nitrogen and oxygen atoms in total. The van der Waals surface area contributed by atoms with Gasteiger partial charge in [-0.05, 0) is 25.3 Å². The zero-order chi connectivity index (χ0) is 13.7. The maximum atomic E-state index is 12.0. The lowest BCUT2D eigenvalue weighted by Gasteiger charge is -2.35. The number of morpholine rings is 1. The maximum absolute atomic E-state index is 12.0. The van der Waals surface area contributed by atoms with E-state index in [0.29, 0.717) is 31.6 Å². The van der Waals surface area contributed by atoms with Gasteiger partial charge in [0.2, 0.25) is 5.91 Å². The molecule has 110 valence electrons. The number of likely N-dealkylation sites (tertiary alicyclic amines) is 1. The SMILES string of the molecule is CC1CC(N)CN(CCCC(=O)N2CCOCC2)C1. The second kappa shape index (κ2) is 7.22. The first-order valence-corrected chi connectivity index (χ1v) is 7.48. The third-order valence-electron chi connectivity index (χ3n) is 4.00. The van der Waals surface area contributed by atoms with Crippen molar-refractivity contribution in [1.29, 1.82) is 0 Å². The van der Waals surface area contributed by atoms with E-state index in [-0.39, 0.29) is 5.91 Å². The van der Waals surface area contributed by atoms with Crippen molar-refractivity contribution in [3.8, 4) is 0 Å². The fourth-order valence-electron chi connectivity index (χ4n) is 3.12. The molecule has 5 heteroatoms. The number of carbonyl (C=O) groups excluding carboxylic acids is 1. The first kappa shape index (κ1) is 14.8. The molecule has 0 aromatic carbocycles. The molecule has 0 aromatic heterocycles. The Morgan fingerprint density at radius 3 is 2.74 bits per heavy atom. The molecule has 19 heavy (non-hydrogen) atoms. The van der Waals surface area contributed by atoms with E-state index in [1.54, 1.807) is 0 Å². The van der Waals surface area contributed by atoms with Crippen molar-refractivity contribution in [3.05, 3.63) is 0 Å². The summed E-state index contributed by atoms with van der Waals surface area (Å²) in [6.07, 6.45) is 2.72. The molecular weight excluding hydrogens is 242 g/mol. The highest BCUT2D eigenvalue weighted by molar-refractivity contribution is 5.76. The Morgan fingerprint density at radius 2 is 2.05 bits per heavy atom. The minimum atomic E-state index is 0.276. The zero-order valence-corrected chi connectivity index (χ0v) is 12.0. The van der Waals surface area contributed by atoms with Crippen molar-refractivity contribution in [2.75, 3.05) is 45.9 Å². The van der Waals surface area contributed by atoms with Crippen molar-refractivity contribution in [2.24, 2.45) is 11.7 Å². The minimum absolute atomic E-state index is 0.276. The Hall–Kier alpha value is -0.650. The smallest absolute Gasteiger partial charge is 0.222 e. The largest absolute Gasteiger partial charge is 0.378 e. The van der Waals surface area contributed by atoms with Crippen LogP contribution in [0.5, 0.6) is 0 Å². The lowest BCUT2D eigenvalue weighted by atomic mass is 9.96. The van der Waals surface area contributed by atoms with E-state index in [0.717, 1.165) is 45.6 Å². The van der Waals surface area contributed by atoms with Crippen LogP contribution in [0.4, 0.5) is 0 Å². The van der Waals surface area contributed by atoms with Crippen LogP contribution in [0.3, 0.4) is 0 Å². The van der Waals surface area contributed by atoms with Crippen LogP contribution in [0.25, 0.3) is 0 Å². The van der Waals surface area contributed by atoms with Gasteiger partial charge in [-0.15, -0.1) is 0 Å². The summed E-state index contributed by atoms with van der Waals surface area (Å²) in [4.78, 5) is 16.3. The Morgan fingerprint density at radius 1 is 1.32 bits per heavy atom. The molecule has 0 saturated carbocycles. The van der Waals surface area contributed by atoms with Gasteiger partial charge in [-0.2, -0.15) is 0 Å². The molecule has 0 bridgehead atoms. The Balaban J connectivity index is 1.64. The van der Waals surface area contributed by atoms with E-state index in [9.17, 15) is 4.79 Å². The van der Waals surface area contributed by atoms with Gasteiger partial charge in [-0.3, -0.25) is 4.79 Å². The van der Waals surface area contributed by atoms with Gasteiger partial charge in [0.1, 0.15) is 0 Å². The predicted molar refractivity (Wildman–Crippen MR) is 74.8 cm³/mol. The molecule has 2 unspecified atom stereocenters. The lowest BCUT2D eigenvalue weighted by molar-refractivity contribution is -0.135. The summed E-state index contributed by atoms with van der Waals surface area (Å²) in [5.74, 6) is 0.955. The molecule has 1 amide bonds. The second-order valence-electron chi connectivity index (χ2n) is 5.96. The van der Waals surface area contributed by atoms with Crippen molar-refractivity contribution < 1.29 is 9.53 Å². The number of rotatable bonds is 4. The minimum Gasteiger partial charge on any atom is -0.378 e. The summed E-state index contributed by atoms with van der Waals surface area (Å²) in [7, 11) is 0. The average molecular weight is 269 g/mol. The maximum Gasteiger partial charge on any atom is 0.222 e. The van der Waals surface area contributed by atoms with Crippen LogP contribution in [0, 0.1) is 5.92 Å². The molecule has 0 aliphatic carbocycles. The number of amides is 1. The summed E-state index contributed by atoms with van der Waals surface area (Å²) in [6.45, 7) is 8.23. The highest BCUT2D eigenvalue weighted by atomic mass is 16.5. The Bertz CT molecular complexity index is 282. The second-order valence-corrected chi connectivity index (χ2v) is 5.96. The monoisotopic (exact) mass is 269 g/mol. The summed E-state index contributed by atoms with van der Waals surface area (Å²) >= 11 is 0. The van der Waals surface area contributed by atoms with E-state index in [2.05, 4.69) is 11.8 Å². The molecule has 2 aliphatic rings. The van der Waals surface area contributed by atoms with Crippen molar-refractivity contribution in [3.63, 3.8) is 0 Å². The molecule has 0 spiro atoms. The number of ether oxygens (including phenoxy) is 1. The van der Waals surface area contributed by atoms with E-state index in [1.807, 2.05) is 4.90 Å². The molecule has 0 radical (unpaired) electrons. The summed E-state index contributed by atoms with van der Waals surface area (Å²) in [6, 6.07) is 0.304. The highest BCUT2D eigenvalue weighted by Gasteiger charge is 2.22. The van der Waals surface area contributed by atoms with Gasteiger partial charge in [-0.1, -0.05) is 6.92 Å². The van der Waals surface area contributed by atoms with Crippen molar-refractivity contribution >= 4 is 5.91 Å². The number of piperidine rings is 1. The van der Waals surface area contributed by atoms with Gasteiger partial charge in [0, 0.05) is 38.6 Å². The molecule has 2 atom stereocenters. The molecule has 2 saturated heterocycles. The normalized spacial score (nSPS) is 29.5. The fourth-order valence-corrected chi connectivity index (χ4v) is 3.12. The van der Waals surface area contributed by atoms with Gasteiger partial charge in [-0.25, -0.2) is 0 Å². The number of hydrogen-bond acceptors (Lipinski definition) is 4. The highest BCUT2D eigenvalue weighted by Crippen LogP contribution is 2.15. The number of carbonyl (C=O) groups is 1. The standard InChI is InChI=1S/C14H27N3O2/c1-12-9-13(15)11-16(10-12)4-2-3-14(18)17-5-7-19-8-6-17/h12-13H,2-11,15H2,1H3. The summed E-state index contributed by atoms with van der Waals surface area (Å²) in [5, 5.41) is 0. The first-order chi connectivity index (χ1) is 9.15. The third kappa shape index (κ3) is 4.75. The van der Waals surface area contributed by atoms with E-state index in [1.165, 1.54) is 0 Å². The van der Waals surface area contributed by atoms with Crippen LogP contribution < -0.4 is 5.73 Å².